The van der Waals surface area contributed by atoms with Crippen LogP contribution in [0.4, 0.5) is 5.69 Å². The number of carbonyl (C=O) groups is 3. The molecule has 0 bridgehead atoms. The van der Waals surface area contributed by atoms with E-state index >= 15 is 0 Å². The quantitative estimate of drug-likeness (QED) is 0.560. The predicted molar refractivity (Wildman–Crippen MR) is 82.3 cm³/mol. The molecule has 7 nitrogen and oxygen atoms in total. The zero-order valence-electron chi connectivity index (χ0n) is 12.7. The number of hydrogen-bond donors (Lipinski definition) is 2. The van der Waals surface area contributed by atoms with Gasteiger partial charge in [0.05, 0.1) is 26.2 Å². The lowest BCUT2D eigenvalue weighted by Gasteiger charge is -2.15. The van der Waals surface area contributed by atoms with Gasteiger partial charge in [0.25, 0.3) is 11.8 Å². The first kappa shape index (κ1) is 16.7. The van der Waals surface area contributed by atoms with Crippen LogP contribution in [-0.2, 0) is 25.5 Å². The van der Waals surface area contributed by atoms with Crippen molar-refractivity contribution >= 4 is 23.5 Å². The van der Waals surface area contributed by atoms with Crippen LogP contribution in [0.25, 0.3) is 0 Å². The molecule has 0 aromatic heterocycles. The number of nitrogens with one attached hydrogen (secondary N) is 1. The Morgan fingerprint density at radius 2 is 2.04 bits per heavy atom. The zero-order chi connectivity index (χ0) is 16.8. The summed E-state index contributed by atoms with van der Waals surface area (Å²) in [6, 6.07) is 6.98. The average molecular weight is 318 g/mol. The van der Waals surface area contributed by atoms with Gasteiger partial charge in [-0.2, -0.15) is 0 Å². The molecule has 1 aromatic rings. The summed E-state index contributed by atoms with van der Waals surface area (Å²) in [4.78, 5) is 36.4. The van der Waals surface area contributed by atoms with Gasteiger partial charge in [0.15, 0.2) is 0 Å². The maximum absolute atomic E-state index is 12.1. The topological polar surface area (TPSA) is 95.9 Å². The van der Waals surface area contributed by atoms with Crippen LogP contribution in [0.1, 0.15) is 12.5 Å². The number of esters is 1. The number of nitrogens with zero attached hydrogens (tertiary/aromatic N) is 1. The van der Waals surface area contributed by atoms with Gasteiger partial charge in [-0.1, -0.05) is 18.2 Å². The molecule has 0 saturated heterocycles. The fourth-order valence-electron chi connectivity index (χ4n) is 2.22. The lowest BCUT2D eigenvalue weighted by molar-refractivity contribution is -0.142. The minimum atomic E-state index is -0.505. The number of carbonyl (C=O) groups excluding carboxylic acids is 3. The van der Waals surface area contributed by atoms with Crippen molar-refractivity contribution in [3.8, 4) is 0 Å². The second kappa shape index (κ2) is 7.55. The molecule has 1 aliphatic rings. The molecule has 1 aliphatic heterocycles. The number of anilines is 1. The highest BCUT2D eigenvalue weighted by atomic mass is 16.5. The van der Waals surface area contributed by atoms with Crippen LogP contribution in [0.5, 0.6) is 0 Å². The number of para-hydroxylation sites is 1. The summed E-state index contributed by atoms with van der Waals surface area (Å²) in [6.07, 6.45) is 1.24. The molecule has 2 rings (SSSR count). The molecule has 1 aromatic carbocycles. The number of hydrogen-bond acceptors (Lipinski definition) is 6. The van der Waals surface area contributed by atoms with Gasteiger partial charge < -0.3 is 15.2 Å². The highest BCUT2D eigenvalue weighted by Crippen LogP contribution is 2.21. The monoisotopic (exact) mass is 318 g/mol. The third-order valence-electron chi connectivity index (χ3n) is 3.26. The molecule has 122 valence electrons. The van der Waals surface area contributed by atoms with Crippen molar-refractivity contribution in [1.29, 1.82) is 0 Å². The van der Waals surface area contributed by atoms with Crippen LogP contribution in [0, 0.1) is 0 Å². The lowest BCUT2D eigenvalue weighted by Crippen LogP contribution is -2.34. The van der Waals surface area contributed by atoms with Crippen molar-refractivity contribution in [3.05, 3.63) is 41.6 Å². The first-order valence-corrected chi connectivity index (χ1v) is 7.25. The third-order valence-corrected chi connectivity index (χ3v) is 3.26. The Hall–Kier alpha value is -2.67. The molecular formula is C16H18N2O5. The van der Waals surface area contributed by atoms with E-state index in [9.17, 15) is 14.4 Å². The Kier molecular flexibility index (Phi) is 5.48. The second-order valence-corrected chi connectivity index (χ2v) is 4.84. The number of β-amino-alcohol motifs (C(OH)–C–C–N with tert-alkyl or cyclic N) is 1. The van der Waals surface area contributed by atoms with Gasteiger partial charge >= 0.3 is 5.97 Å². The fraction of sp³-hybridized carbons (Fsp3) is 0.312. The number of rotatable bonds is 7. The van der Waals surface area contributed by atoms with Crippen LogP contribution in [-0.4, -0.2) is 47.5 Å². The SMILES string of the molecule is CCOC(=O)Cc1ccccc1NC1=CC(=O)N(CCO)C1=O. The summed E-state index contributed by atoms with van der Waals surface area (Å²) in [7, 11) is 0. The Balaban J connectivity index is 2.15. The van der Waals surface area contributed by atoms with E-state index in [1.54, 1.807) is 31.2 Å². The van der Waals surface area contributed by atoms with E-state index in [4.69, 9.17) is 9.84 Å². The van der Waals surface area contributed by atoms with Gasteiger partial charge in [0.1, 0.15) is 5.70 Å². The Morgan fingerprint density at radius 1 is 1.30 bits per heavy atom. The molecule has 23 heavy (non-hydrogen) atoms. The molecule has 0 atom stereocenters. The van der Waals surface area contributed by atoms with Crippen LogP contribution < -0.4 is 5.32 Å². The van der Waals surface area contributed by atoms with Crippen LogP contribution >= 0.6 is 0 Å². The van der Waals surface area contributed by atoms with Crippen molar-refractivity contribution in [2.24, 2.45) is 0 Å². The van der Waals surface area contributed by atoms with Crippen molar-refractivity contribution in [3.63, 3.8) is 0 Å². The van der Waals surface area contributed by atoms with E-state index in [0.29, 0.717) is 17.9 Å². The van der Waals surface area contributed by atoms with E-state index in [1.807, 2.05) is 0 Å². The smallest absolute Gasteiger partial charge is 0.310 e. The van der Waals surface area contributed by atoms with Crippen molar-refractivity contribution in [1.82, 2.24) is 4.90 Å². The van der Waals surface area contributed by atoms with E-state index in [-0.39, 0.29) is 31.2 Å². The molecule has 0 saturated carbocycles. The summed E-state index contributed by atoms with van der Waals surface area (Å²) in [5.74, 6) is -1.35. The number of benzene rings is 1. The summed E-state index contributed by atoms with van der Waals surface area (Å²) < 4.78 is 4.92. The highest BCUT2D eigenvalue weighted by molar-refractivity contribution is 6.17. The first-order chi connectivity index (χ1) is 11.1. The molecule has 1 heterocycles. The molecule has 0 spiro atoms. The van der Waals surface area contributed by atoms with E-state index in [0.717, 1.165) is 4.90 Å². The van der Waals surface area contributed by atoms with Crippen LogP contribution in [0.2, 0.25) is 0 Å². The minimum absolute atomic E-state index is 0.0518. The molecule has 2 amide bonds. The van der Waals surface area contributed by atoms with E-state index in [1.165, 1.54) is 6.08 Å². The summed E-state index contributed by atoms with van der Waals surface area (Å²) in [5, 5.41) is 11.8. The molecule has 7 heteroatoms. The molecule has 0 fully saturated rings. The zero-order valence-corrected chi connectivity index (χ0v) is 12.7. The second-order valence-electron chi connectivity index (χ2n) is 4.84. The van der Waals surface area contributed by atoms with Gasteiger partial charge in [-0.3, -0.25) is 19.3 Å². The van der Waals surface area contributed by atoms with Gasteiger partial charge in [-0.15, -0.1) is 0 Å². The van der Waals surface area contributed by atoms with Crippen LogP contribution in [0.3, 0.4) is 0 Å². The van der Waals surface area contributed by atoms with E-state index in [2.05, 4.69) is 5.32 Å². The molecule has 0 aliphatic carbocycles. The summed E-state index contributed by atoms with van der Waals surface area (Å²) in [5.41, 5.74) is 1.33. The number of aliphatic hydroxyl groups excluding tert-OH is 1. The standard InChI is InChI=1S/C16H18N2O5/c1-2-23-15(21)9-11-5-3-4-6-12(11)17-13-10-14(20)18(7-8-19)16(13)22/h3-6,10,17,19H,2,7-9H2,1H3. The number of imide groups is 1. The molecule has 2 N–H and O–H groups in total. The Labute approximate surface area is 133 Å². The van der Waals surface area contributed by atoms with E-state index < -0.39 is 11.8 Å². The number of ether oxygens (including phenoxy) is 1. The van der Waals surface area contributed by atoms with Crippen molar-refractivity contribution in [2.45, 2.75) is 13.3 Å². The fourth-order valence-corrected chi connectivity index (χ4v) is 2.22. The van der Waals surface area contributed by atoms with Crippen molar-refractivity contribution < 1.29 is 24.2 Å². The molecule has 0 radical (unpaired) electrons. The maximum atomic E-state index is 12.1. The van der Waals surface area contributed by atoms with Gasteiger partial charge in [-0.25, -0.2) is 0 Å². The lowest BCUT2D eigenvalue weighted by atomic mass is 10.1. The molecule has 0 unspecified atom stereocenters. The summed E-state index contributed by atoms with van der Waals surface area (Å²) >= 11 is 0. The van der Waals surface area contributed by atoms with Gasteiger partial charge in [0, 0.05) is 11.8 Å². The average Bonchev–Trinajstić information content (AvgIpc) is 2.77. The third kappa shape index (κ3) is 3.95. The largest absolute Gasteiger partial charge is 0.466 e. The van der Waals surface area contributed by atoms with Crippen LogP contribution in [0.15, 0.2) is 36.0 Å². The number of amides is 2. The first-order valence-electron chi connectivity index (χ1n) is 7.25. The summed E-state index contributed by atoms with van der Waals surface area (Å²) in [6.45, 7) is 1.68. The molecular weight excluding hydrogens is 300 g/mol. The minimum Gasteiger partial charge on any atom is -0.466 e. The van der Waals surface area contributed by atoms with Gasteiger partial charge in [-0.05, 0) is 18.6 Å². The Bertz CT molecular complexity index is 654. The maximum Gasteiger partial charge on any atom is 0.310 e. The Morgan fingerprint density at radius 3 is 2.74 bits per heavy atom. The van der Waals surface area contributed by atoms with Crippen molar-refractivity contribution in [2.75, 3.05) is 25.1 Å². The normalized spacial score (nSPS) is 14.0. The highest BCUT2D eigenvalue weighted by Gasteiger charge is 2.30. The number of aliphatic hydroxyl groups is 1. The van der Waals surface area contributed by atoms with Gasteiger partial charge in [0.2, 0.25) is 0 Å². The predicted octanol–water partition coefficient (Wildman–Crippen LogP) is 0.449.